The van der Waals surface area contributed by atoms with E-state index in [4.69, 9.17) is 0 Å². The standard InChI is InChI=1S/C18H19N7O/c26-18(13-3-5-19-9-13)24-10-14-4-6-22-25(14)17-15(11-24)16(20-12-21-17)23-7-1-2-8-23/h3-6,9,12,19H,1-2,7-8,10-11H2. The third-order valence-corrected chi connectivity index (χ3v) is 5.06. The van der Waals surface area contributed by atoms with Crippen LogP contribution in [0.25, 0.3) is 5.82 Å². The van der Waals surface area contributed by atoms with Crippen LogP contribution in [0.3, 0.4) is 0 Å². The zero-order chi connectivity index (χ0) is 17.5. The zero-order valence-electron chi connectivity index (χ0n) is 14.3. The van der Waals surface area contributed by atoms with E-state index in [0.717, 1.165) is 48.8 Å². The van der Waals surface area contributed by atoms with E-state index < -0.39 is 0 Å². The predicted octanol–water partition coefficient (Wildman–Crippen LogP) is 1.75. The molecule has 1 amide bonds. The molecule has 0 saturated carbocycles. The maximum absolute atomic E-state index is 13.0. The highest BCUT2D eigenvalue weighted by atomic mass is 16.2. The van der Waals surface area contributed by atoms with Crippen molar-refractivity contribution in [2.75, 3.05) is 18.0 Å². The SMILES string of the molecule is O=C(c1cc[nH]c1)N1Cc2c(N3CCCC3)ncnc2-n2nccc2C1. The van der Waals surface area contributed by atoms with Crippen LogP contribution in [0.5, 0.6) is 0 Å². The van der Waals surface area contributed by atoms with Crippen molar-refractivity contribution in [3.05, 3.63) is 53.9 Å². The molecule has 1 N–H and O–H groups in total. The molecule has 0 radical (unpaired) electrons. The Kier molecular flexibility index (Phi) is 3.48. The average molecular weight is 349 g/mol. The normalized spacial score (nSPS) is 16.3. The summed E-state index contributed by atoms with van der Waals surface area (Å²) in [5.41, 5.74) is 2.55. The fourth-order valence-electron chi connectivity index (χ4n) is 3.79. The van der Waals surface area contributed by atoms with Crippen LogP contribution in [0.1, 0.15) is 34.5 Å². The second-order valence-electron chi connectivity index (χ2n) is 6.69. The van der Waals surface area contributed by atoms with Crippen LogP contribution in [-0.2, 0) is 13.1 Å². The number of fused-ring (bicyclic) bond motifs is 3. The van der Waals surface area contributed by atoms with E-state index in [-0.39, 0.29) is 5.91 Å². The summed E-state index contributed by atoms with van der Waals surface area (Å²) in [6.07, 6.45) is 9.18. The molecule has 26 heavy (non-hydrogen) atoms. The number of hydrogen-bond acceptors (Lipinski definition) is 5. The number of carbonyl (C=O) groups excluding carboxylic acids is 1. The lowest BCUT2D eigenvalue weighted by molar-refractivity contribution is 0.0731. The van der Waals surface area contributed by atoms with Crippen molar-refractivity contribution in [2.45, 2.75) is 25.9 Å². The van der Waals surface area contributed by atoms with Gasteiger partial charge >= 0.3 is 0 Å². The topological polar surface area (TPSA) is 82.9 Å². The van der Waals surface area contributed by atoms with Gasteiger partial charge in [0.2, 0.25) is 0 Å². The summed E-state index contributed by atoms with van der Waals surface area (Å²) in [6, 6.07) is 3.73. The van der Waals surface area contributed by atoms with Crippen LogP contribution in [0.15, 0.2) is 37.1 Å². The zero-order valence-corrected chi connectivity index (χ0v) is 14.3. The van der Waals surface area contributed by atoms with E-state index in [1.807, 2.05) is 15.6 Å². The molecule has 0 aliphatic carbocycles. The van der Waals surface area contributed by atoms with Gasteiger partial charge in [0.15, 0.2) is 5.82 Å². The second kappa shape index (κ2) is 5.98. The van der Waals surface area contributed by atoms with Gasteiger partial charge in [-0.05, 0) is 25.0 Å². The summed E-state index contributed by atoms with van der Waals surface area (Å²) >= 11 is 0. The molecule has 132 valence electrons. The number of anilines is 1. The van der Waals surface area contributed by atoms with Gasteiger partial charge in [0, 0.05) is 31.7 Å². The number of nitrogens with one attached hydrogen (secondary N) is 1. The molecule has 0 spiro atoms. The first-order valence-electron chi connectivity index (χ1n) is 8.85. The van der Waals surface area contributed by atoms with Gasteiger partial charge in [0.1, 0.15) is 12.1 Å². The maximum Gasteiger partial charge on any atom is 0.256 e. The lowest BCUT2D eigenvalue weighted by Crippen LogP contribution is -2.30. The summed E-state index contributed by atoms with van der Waals surface area (Å²) in [5, 5.41) is 4.45. The van der Waals surface area contributed by atoms with E-state index >= 15 is 0 Å². The van der Waals surface area contributed by atoms with Gasteiger partial charge in [-0.3, -0.25) is 4.79 Å². The molecule has 0 unspecified atom stereocenters. The highest BCUT2D eigenvalue weighted by Crippen LogP contribution is 2.30. The number of aromatic nitrogens is 5. The van der Waals surface area contributed by atoms with Crippen LogP contribution in [-0.4, -0.2) is 48.6 Å². The van der Waals surface area contributed by atoms with Crippen molar-refractivity contribution in [3.8, 4) is 5.82 Å². The quantitative estimate of drug-likeness (QED) is 0.762. The molecular formula is C18H19N7O. The number of nitrogens with zero attached hydrogens (tertiary/aromatic N) is 6. The first-order valence-corrected chi connectivity index (χ1v) is 8.85. The lowest BCUT2D eigenvalue weighted by atomic mass is 10.2. The van der Waals surface area contributed by atoms with Crippen molar-refractivity contribution in [1.82, 2.24) is 29.6 Å². The smallest absolute Gasteiger partial charge is 0.256 e. The maximum atomic E-state index is 13.0. The van der Waals surface area contributed by atoms with Crippen LogP contribution in [0.2, 0.25) is 0 Å². The Hall–Kier alpha value is -3.16. The van der Waals surface area contributed by atoms with Gasteiger partial charge in [-0.15, -0.1) is 0 Å². The average Bonchev–Trinajstić information content (AvgIpc) is 3.42. The minimum Gasteiger partial charge on any atom is -0.367 e. The molecular weight excluding hydrogens is 330 g/mol. The highest BCUT2D eigenvalue weighted by Gasteiger charge is 2.29. The number of H-pyrrole nitrogens is 1. The third kappa shape index (κ3) is 2.37. The highest BCUT2D eigenvalue weighted by molar-refractivity contribution is 5.94. The molecule has 3 aromatic rings. The van der Waals surface area contributed by atoms with Gasteiger partial charge in [0.05, 0.1) is 29.9 Å². The first-order chi connectivity index (χ1) is 12.8. The van der Waals surface area contributed by atoms with E-state index in [9.17, 15) is 4.79 Å². The van der Waals surface area contributed by atoms with Gasteiger partial charge in [-0.25, -0.2) is 14.6 Å². The van der Waals surface area contributed by atoms with Gasteiger partial charge < -0.3 is 14.8 Å². The van der Waals surface area contributed by atoms with E-state index in [0.29, 0.717) is 18.7 Å². The predicted molar refractivity (Wildman–Crippen MR) is 95.0 cm³/mol. The van der Waals surface area contributed by atoms with Crippen LogP contribution in [0, 0.1) is 0 Å². The second-order valence-corrected chi connectivity index (χ2v) is 6.69. The molecule has 5 rings (SSSR count). The Bertz CT molecular complexity index is 940. The Labute approximate surface area is 150 Å². The first kappa shape index (κ1) is 15.1. The molecule has 8 nitrogen and oxygen atoms in total. The van der Waals surface area contributed by atoms with Crippen LogP contribution < -0.4 is 4.90 Å². The van der Waals surface area contributed by atoms with Gasteiger partial charge in [0.25, 0.3) is 5.91 Å². The molecule has 1 fully saturated rings. The van der Waals surface area contributed by atoms with Crippen LogP contribution in [0.4, 0.5) is 5.82 Å². The summed E-state index contributed by atoms with van der Waals surface area (Å²) in [7, 11) is 0. The van der Waals surface area contributed by atoms with Crippen molar-refractivity contribution < 1.29 is 4.79 Å². The minimum atomic E-state index is -0.0110. The van der Waals surface area contributed by atoms with Crippen molar-refractivity contribution in [2.24, 2.45) is 0 Å². The molecule has 2 aliphatic rings. The lowest BCUT2D eigenvalue weighted by Gasteiger charge is -2.24. The number of aromatic amines is 1. The van der Waals surface area contributed by atoms with Crippen molar-refractivity contribution in [1.29, 1.82) is 0 Å². The van der Waals surface area contributed by atoms with Gasteiger partial charge in [-0.1, -0.05) is 0 Å². The fourth-order valence-corrected chi connectivity index (χ4v) is 3.79. The Morgan fingerprint density at radius 1 is 1.08 bits per heavy atom. The Morgan fingerprint density at radius 3 is 2.73 bits per heavy atom. The molecule has 5 heterocycles. The molecule has 0 bridgehead atoms. The molecule has 0 aromatic carbocycles. The van der Waals surface area contributed by atoms with E-state index in [1.165, 1.54) is 0 Å². The number of rotatable bonds is 2. The largest absolute Gasteiger partial charge is 0.367 e. The monoisotopic (exact) mass is 349 g/mol. The van der Waals surface area contributed by atoms with Crippen molar-refractivity contribution >= 4 is 11.7 Å². The van der Waals surface area contributed by atoms with Gasteiger partial charge in [-0.2, -0.15) is 5.10 Å². The van der Waals surface area contributed by atoms with Crippen molar-refractivity contribution in [3.63, 3.8) is 0 Å². The Morgan fingerprint density at radius 2 is 1.92 bits per heavy atom. The molecule has 3 aromatic heterocycles. The molecule has 1 saturated heterocycles. The summed E-state index contributed by atoms with van der Waals surface area (Å²) < 4.78 is 1.83. The fraction of sp³-hybridized carbons (Fsp3) is 0.333. The summed E-state index contributed by atoms with van der Waals surface area (Å²) in [4.78, 5) is 29.1. The molecule has 8 heteroatoms. The van der Waals surface area contributed by atoms with Crippen LogP contribution >= 0.6 is 0 Å². The minimum absolute atomic E-state index is 0.0110. The third-order valence-electron chi connectivity index (χ3n) is 5.06. The number of amides is 1. The Balaban J connectivity index is 1.62. The number of carbonyl (C=O) groups is 1. The van der Waals surface area contributed by atoms with E-state index in [1.54, 1.807) is 31.0 Å². The molecule has 0 atom stereocenters. The molecule has 2 aliphatic heterocycles. The summed E-state index contributed by atoms with van der Waals surface area (Å²) in [6.45, 7) is 2.93. The summed E-state index contributed by atoms with van der Waals surface area (Å²) in [5.74, 6) is 1.68. The number of hydrogen-bond donors (Lipinski definition) is 1. The van der Waals surface area contributed by atoms with E-state index in [2.05, 4.69) is 25.0 Å².